The predicted molar refractivity (Wildman–Crippen MR) is 105 cm³/mol. The van der Waals surface area contributed by atoms with Gasteiger partial charge in [0.1, 0.15) is 5.78 Å². The summed E-state index contributed by atoms with van der Waals surface area (Å²) in [6.07, 6.45) is 4.06. The number of Topliss-reactive ketones (excluding diaryl/α,β-unsaturated/α-hetero) is 2. The van der Waals surface area contributed by atoms with Crippen molar-refractivity contribution >= 4 is 17.5 Å². The van der Waals surface area contributed by atoms with Crippen molar-refractivity contribution in [2.45, 2.75) is 86.1 Å². The number of nitrogens with one attached hydrogen (secondary N) is 2. The first-order valence-electron chi connectivity index (χ1n) is 9.80. The predicted octanol–water partition coefficient (Wildman–Crippen LogP) is 3.51. The van der Waals surface area contributed by atoms with Gasteiger partial charge in [-0.15, -0.1) is 0 Å². The molecule has 25 heavy (non-hydrogen) atoms. The van der Waals surface area contributed by atoms with Gasteiger partial charge in [-0.3, -0.25) is 14.4 Å². The number of hydrogen-bond donors (Lipinski definition) is 2. The van der Waals surface area contributed by atoms with Crippen LogP contribution in [-0.4, -0.2) is 37.1 Å². The zero-order valence-electron chi connectivity index (χ0n) is 17.4. The van der Waals surface area contributed by atoms with Crippen molar-refractivity contribution in [2.75, 3.05) is 13.6 Å². The molecule has 0 rings (SSSR count). The van der Waals surface area contributed by atoms with Crippen LogP contribution in [0.1, 0.15) is 80.1 Å². The third kappa shape index (κ3) is 13.7. The van der Waals surface area contributed by atoms with Crippen molar-refractivity contribution in [3.63, 3.8) is 0 Å². The number of amides is 1. The van der Waals surface area contributed by atoms with Crippen molar-refractivity contribution in [3.05, 3.63) is 0 Å². The van der Waals surface area contributed by atoms with Crippen LogP contribution in [0.25, 0.3) is 0 Å². The Morgan fingerprint density at radius 3 is 1.92 bits per heavy atom. The summed E-state index contributed by atoms with van der Waals surface area (Å²) in [4.78, 5) is 35.0. The maximum absolute atomic E-state index is 11.9. The molecule has 0 aliphatic carbocycles. The zero-order valence-corrected chi connectivity index (χ0v) is 17.4. The van der Waals surface area contributed by atoms with Crippen molar-refractivity contribution < 1.29 is 14.4 Å². The van der Waals surface area contributed by atoms with Gasteiger partial charge in [-0.1, -0.05) is 41.5 Å². The Morgan fingerprint density at radius 2 is 1.44 bits per heavy atom. The molecule has 0 aromatic rings. The molecule has 0 aromatic carbocycles. The van der Waals surface area contributed by atoms with E-state index < -0.39 is 0 Å². The Balaban J connectivity index is 0. The molecule has 2 N–H and O–H groups in total. The molecule has 0 aliphatic heterocycles. The van der Waals surface area contributed by atoms with E-state index in [2.05, 4.69) is 10.6 Å². The molecule has 0 aromatic heterocycles. The van der Waals surface area contributed by atoms with Crippen LogP contribution in [0.3, 0.4) is 0 Å². The number of ketones is 2. The third-order valence-electron chi connectivity index (χ3n) is 3.97. The normalized spacial score (nSPS) is 11.7. The van der Waals surface area contributed by atoms with Gasteiger partial charge in [0.15, 0.2) is 5.78 Å². The number of hydrogen-bond acceptors (Lipinski definition) is 4. The lowest BCUT2D eigenvalue weighted by molar-refractivity contribution is -0.124. The largest absolute Gasteiger partial charge is 0.356 e. The minimum Gasteiger partial charge on any atom is -0.356 e. The first-order chi connectivity index (χ1) is 11.8. The molecule has 0 aliphatic rings. The maximum atomic E-state index is 11.9. The third-order valence-corrected chi connectivity index (χ3v) is 3.97. The van der Waals surface area contributed by atoms with Crippen LogP contribution in [0.2, 0.25) is 0 Å². The SMILES string of the molecule is CC.CNC(CCCCNC(=O)CCCC(=O)C(C)C)C(=O)C(C)C. The molecule has 1 amide bonds. The highest BCUT2D eigenvalue weighted by atomic mass is 16.1. The summed E-state index contributed by atoms with van der Waals surface area (Å²) >= 11 is 0. The summed E-state index contributed by atoms with van der Waals surface area (Å²) in [6, 6.07) is -0.0900. The van der Waals surface area contributed by atoms with E-state index in [0.717, 1.165) is 19.3 Å². The summed E-state index contributed by atoms with van der Waals surface area (Å²) in [5.41, 5.74) is 0. The fourth-order valence-electron chi connectivity index (χ4n) is 2.33. The molecule has 1 unspecified atom stereocenters. The van der Waals surface area contributed by atoms with Crippen LogP contribution >= 0.6 is 0 Å². The van der Waals surface area contributed by atoms with Crippen LogP contribution in [0, 0.1) is 11.8 Å². The molecule has 0 fully saturated rings. The van der Waals surface area contributed by atoms with Crippen LogP contribution in [0.4, 0.5) is 0 Å². The molecule has 5 heteroatoms. The number of carbonyl (C=O) groups excluding carboxylic acids is 3. The molecule has 0 saturated carbocycles. The van der Waals surface area contributed by atoms with E-state index >= 15 is 0 Å². The topological polar surface area (TPSA) is 75.3 Å². The van der Waals surface area contributed by atoms with Crippen molar-refractivity contribution in [2.24, 2.45) is 11.8 Å². The summed E-state index contributed by atoms with van der Waals surface area (Å²) in [6.45, 7) is 12.2. The summed E-state index contributed by atoms with van der Waals surface area (Å²) < 4.78 is 0. The molecule has 0 spiro atoms. The van der Waals surface area contributed by atoms with Gasteiger partial charge in [0.2, 0.25) is 5.91 Å². The molecule has 0 saturated heterocycles. The van der Waals surface area contributed by atoms with E-state index in [1.54, 1.807) is 0 Å². The van der Waals surface area contributed by atoms with E-state index in [4.69, 9.17) is 0 Å². The van der Waals surface area contributed by atoms with Crippen LogP contribution in [0.15, 0.2) is 0 Å². The molecule has 1 atom stereocenters. The standard InChI is InChI=1S/C18H34N2O3.C2H6/c1-13(2)16(21)10-8-11-17(22)20-12-7-6-9-15(19-5)18(23)14(3)4;1-2/h13-15,19H,6-12H2,1-5H3,(H,20,22);1-2H3. The lowest BCUT2D eigenvalue weighted by Gasteiger charge is -2.17. The second-order valence-electron chi connectivity index (χ2n) is 6.72. The monoisotopic (exact) mass is 356 g/mol. The van der Waals surface area contributed by atoms with Gasteiger partial charge < -0.3 is 10.6 Å². The average molecular weight is 357 g/mol. The highest BCUT2D eigenvalue weighted by Crippen LogP contribution is 2.07. The van der Waals surface area contributed by atoms with Crippen molar-refractivity contribution in [1.29, 1.82) is 0 Å². The van der Waals surface area contributed by atoms with Crippen LogP contribution in [0.5, 0.6) is 0 Å². The van der Waals surface area contributed by atoms with Gasteiger partial charge in [0, 0.05) is 31.2 Å². The first-order valence-corrected chi connectivity index (χ1v) is 9.80. The van der Waals surface area contributed by atoms with E-state index in [1.165, 1.54) is 0 Å². The Hall–Kier alpha value is -1.23. The van der Waals surface area contributed by atoms with Gasteiger partial charge in [-0.25, -0.2) is 0 Å². The second kappa shape index (κ2) is 16.2. The minimum atomic E-state index is -0.0900. The molecule has 0 bridgehead atoms. The molecule has 148 valence electrons. The van der Waals surface area contributed by atoms with Gasteiger partial charge in [-0.2, -0.15) is 0 Å². The lowest BCUT2D eigenvalue weighted by Crippen LogP contribution is -2.36. The van der Waals surface area contributed by atoms with Crippen molar-refractivity contribution in [1.82, 2.24) is 10.6 Å². The number of likely N-dealkylation sites (N-methyl/N-ethyl adjacent to an activating group) is 1. The Morgan fingerprint density at radius 1 is 0.840 bits per heavy atom. The smallest absolute Gasteiger partial charge is 0.220 e. The Labute approximate surface area is 154 Å². The summed E-state index contributed by atoms with van der Waals surface area (Å²) in [7, 11) is 1.81. The van der Waals surface area contributed by atoms with Gasteiger partial charge in [0.25, 0.3) is 0 Å². The van der Waals surface area contributed by atoms with Gasteiger partial charge in [-0.05, 0) is 32.7 Å². The minimum absolute atomic E-state index is 0.00461. The first kappa shape index (κ1) is 26.0. The number of carbonyl (C=O) groups is 3. The quantitative estimate of drug-likeness (QED) is 0.495. The van der Waals surface area contributed by atoms with Gasteiger partial charge >= 0.3 is 0 Å². The molecular formula is C20H40N2O3. The molecule has 0 heterocycles. The fraction of sp³-hybridized carbons (Fsp3) is 0.850. The lowest BCUT2D eigenvalue weighted by atomic mass is 9.97. The summed E-state index contributed by atoms with van der Waals surface area (Å²) in [5.74, 6) is 0.550. The second-order valence-corrected chi connectivity index (χ2v) is 6.72. The van der Waals surface area contributed by atoms with Crippen LogP contribution in [-0.2, 0) is 14.4 Å². The average Bonchev–Trinajstić information content (AvgIpc) is 2.59. The Kier molecular flexibility index (Phi) is 16.9. The zero-order chi connectivity index (χ0) is 19.8. The van der Waals surface area contributed by atoms with Crippen molar-refractivity contribution in [3.8, 4) is 0 Å². The number of rotatable bonds is 13. The van der Waals surface area contributed by atoms with E-state index in [1.807, 2.05) is 48.6 Å². The number of unbranched alkanes of at least 4 members (excludes halogenated alkanes) is 1. The maximum Gasteiger partial charge on any atom is 0.220 e. The van der Waals surface area contributed by atoms with Gasteiger partial charge in [0.05, 0.1) is 6.04 Å². The van der Waals surface area contributed by atoms with Crippen LogP contribution < -0.4 is 10.6 Å². The highest BCUT2D eigenvalue weighted by molar-refractivity contribution is 5.85. The van der Waals surface area contributed by atoms with E-state index in [0.29, 0.717) is 25.8 Å². The van der Waals surface area contributed by atoms with E-state index in [-0.39, 0.29) is 35.4 Å². The highest BCUT2D eigenvalue weighted by Gasteiger charge is 2.18. The summed E-state index contributed by atoms with van der Waals surface area (Å²) in [5, 5.41) is 5.94. The van der Waals surface area contributed by atoms with E-state index in [9.17, 15) is 14.4 Å². The molecule has 5 nitrogen and oxygen atoms in total. The fourth-order valence-corrected chi connectivity index (χ4v) is 2.33. The molecule has 0 radical (unpaired) electrons. The molecular weight excluding hydrogens is 316 g/mol. The Bertz CT molecular complexity index is 379.